The quantitative estimate of drug-likeness (QED) is 0.167. The summed E-state index contributed by atoms with van der Waals surface area (Å²) in [4.78, 5) is 10.7. The molecule has 5 heteroatoms. The van der Waals surface area contributed by atoms with Gasteiger partial charge in [-0.15, -0.1) is 0 Å². The van der Waals surface area contributed by atoms with Gasteiger partial charge in [-0.25, -0.2) is 9.97 Å². The van der Waals surface area contributed by atoms with E-state index < -0.39 is 0 Å². The number of hydrogen-bond donors (Lipinski definition) is 0. The SMILES string of the molecule is c1ccc(-c2nc(-c3ccc4c(c3)oc3ccccc34)cc(-n3c4c(-c5cccc(-c6cccc(-c7cccc8c7oc7ccccc78)c6)c5)cccc4c4ccc5ccccc5c43)n2)cc1. The van der Waals surface area contributed by atoms with Crippen LogP contribution in [0.25, 0.3) is 138 Å². The van der Waals surface area contributed by atoms with Crippen LogP contribution < -0.4 is 0 Å². The summed E-state index contributed by atoms with van der Waals surface area (Å²) in [5.41, 5.74) is 15.0. The summed E-state index contributed by atoms with van der Waals surface area (Å²) in [6.07, 6.45) is 0. The lowest BCUT2D eigenvalue weighted by atomic mass is 9.95. The van der Waals surface area contributed by atoms with Gasteiger partial charge < -0.3 is 8.83 Å². The first-order valence-corrected chi connectivity index (χ1v) is 22.6. The Morgan fingerprint density at radius 1 is 0.313 bits per heavy atom. The van der Waals surface area contributed by atoms with Crippen LogP contribution in [0.4, 0.5) is 0 Å². The van der Waals surface area contributed by atoms with Gasteiger partial charge in [0.15, 0.2) is 5.82 Å². The van der Waals surface area contributed by atoms with Crippen LogP contribution in [0.1, 0.15) is 0 Å². The Bertz CT molecular complexity index is 4290. The third kappa shape index (κ3) is 5.95. The second-order valence-corrected chi connectivity index (χ2v) is 17.3. The topological polar surface area (TPSA) is 57.0 Å². The molecule has 0 bridgehead atoms. The number of fused-ring (bicyclic) bond motifs is 11. The van der Waals surface area contributed by atoms with Crippen LogP contribution >= 0.6 is 0 Å². The molecular formula is C62H37N3O2. The first-order valence-electron chi connectivity index (χ1n) is 22.6. The van der Waals surface area contributed by atoms with Crippen LogP contribution in [0, 0.1) is 0 Å². The van der Waals surface area contributed by atoms with Gasteiger partial charge in [-0.05, 0) is 64.0 Å². The van der Waals surface area contributed by atoms with E-state index in [1.807, 2.05) is 42.5 Å². The van der Waals surface area contributed by atoms with Crippen molar-refractivity contribution in [2.75, 3.05) is 0 Å². The van der Waals surface area contributed by atoms with Crippen molar-refractivity contribution >= 4 is 76.5 Å². The summed E-state index contributed by atoms with van der Waals surface area (Å²) in [5.74, 6) is 1.42. The van der Waals surface area contributed by atoms with E-state index in [2.05, 4.69) is 187 Å². The van der Waals surface area contributed by atoms with E-state index in [1.54, 1.807) is 0 Å². The summed E-state index contributed by atoms with van der Waals surface area (Å²) in [5, 5.41) is 9.04. The van der Waals surface area contributed by atoms with Gasteiger partial charge in [0.25, 0.3) is 0 Å². The minimum Gasteiger partial charge on any atom is -0.456 e. The van der Waals surface area contributed by atoms with Crippen LogP contribution in [0.15, 0.2) is 233 Å². The molecule has 312 valence electrons. The zero-order valence-electron chi connectivity index (χ0n) is 36.0. The Hall–Kier alpha value is -9.06. The van der Waals surface area contributed by atoms with E-state index in [-0.39, 0.29) is 0 Å². The summed E-state index contributed by atoms with van der Waals surface area (Å²) in [6.45, 7) is 0. The second-order valence-electron chi connectivity index (χ2n) is 17.3. The first kappa shape index (κ1) is 37.3. The van der Waals surface area contributed by atoms with Crippen molar-refractivity contribution in [3.63, 3.8) is 0 Å². The maximum atomic E-state index is 6.48. The molecule has 0 aliphatic heterocycles. The molecule has 14 aromatic rings. The normalized spacial score (nSPS) is 11.9. The number of nitrogens with zero attached hydrogens (tertiary/aromatic N) is 3. The molecule has 14 rings (SSSR count). The molecule has 0 spiro atoms. The lowest BCUT2D eigenvalue weighted by Crippen LogP contribution is -2.03. The van der Waals surface area contributed by atoms with Crippen LogP contribution in [0.3, 0.4) is 0 Å². The molecule has 0 aliphatic carbocycles. The van der Waals surface area contributed by atoms with Crippen molar-refractivity contribution in [3.8, 4) is 61.8 Å². The molecule has 0 saturated carbocycles. The highest BCUT2D eigenvalue weighted by molar-refractivity contribution is 6.21. The Kier molecular flexibility index (Phi) is 8.21. The lowest BCUT2D eigenvalue weighted by molar-refractivity contribution is 0.669. The summed E-state index contributed by atoms with van der Waals surface area (Å²) < 4.78 is 15.3. The number of benzene rings is 10. The number of para-hydroxylation sites is 4. The monoisotopic (exact) mass is 855 g/mol. The maximum absolute atomic E-state index is 6.48. The molecule has 0 unspecified atom stereocenters. The second kappa shape index (κ2) is 14.7. The fourth-order valence-electron chi connectivity index (χ4n) is 10.3. The number of aromatic nitrogens is 3. The van der Waals surface area contributed by atoms with Gasteiger partial charge in [0, 0.05) is 66.0 Å². The van der Waals surface area contributed by atoms with Gasteiger partial charge in [-0.1, -0.05) is 182 Å². The molecule has 4 aromatic heterocycles. The fourth-order valence-corrected chi connectivity index (χ4v) is 10.3. The highest BCUT2D eigenvalue weighted by atomic mass is 16.3. The Morgan fingerprint density at radius 3 is 1.69 bits per heavy atom. The highest BCUT2D eigenvalue weighted by Crippen LogP contribution is 2.43. The van der Waals surface area contributed by atoms with Crippen molar-refractivity contribution in [1.29, 1.82) is 0 Å². The maximum Gasteiger partial charge on any atom is 0.162 e. The van der Waals surface area contributed by atoms with E-state index >= 15 is 0 Å². The van der Waals surface area contributed by atoms with Gasteiger partial charge in [-0.2, -0.15) is 0 Å². The van der Waals surface area contributed by atoms with Crippen LogP contribution in [0.5, 0.6) is 0 Å². The molecule has 0 atom stereocenters. The van der Waals surface area contributed by atoms with E-state index in [0.29, 0.717) is 5.82 Å². The van der Waals surface area contributed by atoms with Crippen molar-refractivity contribution in [2.45, 2.75) is 0 Å². The Morgan fingerprint density at radius 2 is 0.881 bits per heavy atom. The molecule has 0 amide bonds. The minimum absolute atomic E-state index is 0.644. The van der Waals surface area contributed by atoms with Crippen LogP contribution in [0.2, 0.25) is 0 Å². The lowest BCUT2D eigenvalue weighted by Gasteiger charge is -2.15. The van der Waals surface area contributed by atoms with Crippen LogP contribution in [-0.2, 0) is 0 Å². The van der Waals surface area contributed by atoms with Crippen molar-refractivity contribution in [1.82, 2.24) is 14.5 Å². The van der Waals surface area contributed by atoms with E-state index in [0.717, 1.165) is 132 Å². The predicted octanol–water partition coefficient (Wildman–Crippen LogP) is 16.9. The zero-order chi connectivity index (χ0) is 44.0. The van der Waals surface area contributed by atoms with Gasteiger partial charge in [0.2, 0.25) is 0 Å². The fraction of sp³-hybridized carbons (Fsp3) is 0. The van der Waals surface area contributed by atoms with E-state index in [1.165, 1.54) is 0 Å². The van der Waals surface area contributed by atoms with Gasteiger partial charge in [-0.3, -0.25) is 4.57 Å². The number of hydrogen-bond acceptors (Lipinski definition) is 4. The van der Waals surface area contributed by atoms with Gasteiger partial charge >= 0.3 is 0 Å². The number of furan rings is 2. The molecule has 0 fully saturated rings. The molecule has 0 aliphatic rings. The minimum atomic E-state index is 0.644. The molecule has 0 radical (unpaired) electrons. The molecule has 10 aromatic carbocycles. The average molecular weight is 856 g/mol. The number of rotatable bonds is 6. The molecule has 0 N–H and O–H groups in total. The van der Waals surface area contributed by atoms with Gasteiger partial charge in [0.05, 0.1) is 16.7 Å². The van der Waals surface area contributed by atoms with Crippen molar-refractivity contribution < 1.29 is 8.83 Å². The van der Waals surface area contributed by atoms with Crippen molar-refractivity contribution in [2.24, 2.45) is 0 Å². The largest absolute Gasteiger partial charge is 0.456 e. The Balaban J connectivity index is 0.985. The zero-order valence-corrected chi connectivity index (χ0v) is 36.0. The third-order valence-electron chi connectivity index (χ3n) is 13.4. The summed E-state index contributed by atoms with van der Waals surface area (Å²) in [6, 6.07) is 79.2. The highest BCUT2D eigenvalue weighted by Gasteiger charge is 2.22. The molecule has 5 nitrogen and oxygen atoms in total. The van der Waals surface area contributed by atoms with Crippen LogP contribution in [-0.4, -0.2) is 14.5 Å². The molecular weight excluding hydrogens is 819 g/mol. The molecule has 4 heterocycles. The van der Waals surface area contributed by atoms with Gasteiger partial charge in [0.1, 0.15) is 28.1 Å². The Labute approximate surface area is 384 Å². The van der Waals surface area contributed by atoms with Crippen molar-refractivity contribution in [3.05, 3.63) is 224 Å². The molecule has 0 saturated heterocycles. The molecule has 67 heavy (non-hydrogen) atoms. The summed E-state index contributed by atoms with van der Waals surface area (Å²) in [7, 11) is 0. The third-order valence-corrected chi connectivity index (χ3v) is 13.4. The standard InChI is InChI=1S/C62H37N3O2/c1-2-15-39(16-3-1)62-63-54(44-31-32-50-48-22-6-8-28-55(48)66-57(50)36-44)37-58(64-62)65-59-45-21-5-4-14-38(45)30-33-52(59)51-26-12-24-46(60(51)65)42-19-10-17-40(34-42)41-18-11-20-43(35-41)47-25-13-27-53-49-23-7-9-29-56(49)67-61(47)53/h1-37H. The first-order chi connectivity index (χ1) is 33.2. The van der Waals surface area contributed by atoms with E-state index in [9.17, 15) is 0 Å². The van der Waals surface area contributed by atoms with E-state index in [4.69, 9.17) is 18.8 Å². The smallest absolute Gasteiger partial charge is 0.162 e. The summed E-state index contributed by atoms with van der Waals surface area (Å²) >= 11 is 0. The average Bonchev–Trinajstić information content (AvgIpc) is 4.08. The predicted molar refractivity (Wildman–Crippen MR) is 276 cm³/mol.